The third-order valence-corrected chi connectivity index (χ3v) is 10.3. The van der Waals surface area contributed by atoms with E-state index in [-0.39, 0.29) is 0 Å². The van der Waals surface area contributed by atoms with Crippen LogP contribution in [-0.2, 0) is 6.18 Å². The predicted molar refractivity (Wildman–Crippen MR) is 201 cm³/mol. The molecule has 0 aliphatic rings. The fourth-order valence-electron chi connectivity index (χ4n) is 7.08. The summed E-state index contributed by atoms with van der Waals surface area (Å²) < 4.78 is 39.4. The average Bonchev–Trinajstić information content (AvgIpc) is 3.06. The van der Waals surface area contributed by atoms with Crippen LogP contribution in [0.25, 0.3) is 0 Å². The number of alkyl halides is 3. The first-order chi connectivity index (χ1) is 23.0. The van der Waals surface area contributed by atoms with Crippen LogP contribution >= 0.6 is 0 Å². The quantitative estimate of drug-likeness (QED) is 0.0688. The lowest BCUT2D eigenvalue weighted by atomic mass is 10.0. The van der Waals surface area contributed by atoms with E-state index >= 15 is 0 Å². The predicted octanol–water partition coefficient (Wildman–Crippen LogP) is 14.7. The van der Waals surface area contributed by atoms with Crippen molar-refractivity contribution in [2.45, 2.75) is 225 Å². The summed E-state index contributed by atoms with van der Waals surface area (Å²) in [6.07, 6.45) is 39.3. The number of quaternary nitrogens is 1. The van der Waals surface area contributed by atoms with E-state index in [2.05, 4.69) is 13.8 Å². The van der Waals surface area contributed by atoms with Gasteiger partial charge >= 0.3 is 6.18 Å². The Morgan fingerprint density at radius 1 is 0.362 bits per heavy atom. The topological polar surface area (TPSA) is 4.44 Å². The van der Waals surface area contributed by atoms with Crippen molar-refractivity contribution in [2.75, 3.05) is 13.1 Å². The maximum Gasteiger partial charge on any atom is 0.416 e. The summed E-state index contributed by atoms with van der Waals surface area (Å²) in [6.45, 7) is 6.63. The van der Waals surface area contributed by atoms with Gasteiger partial charge in [-0.25, -0.2) is 0 Å². The molecule has 0 bridgehead atoms. The van der Waals surface area contributed by atoms with Crippen molar-refractivity contribution in [3.63, 3.8) is 0 Å². The van der Waals surface area contributed by atoms with Crippen LogP contribution in [0.3, 0.4) is 0 Å². The van der Waals surface area contributed by atoms with Crippen molar-refractivity contribution in [1.82, 2.24) is 0 Å². The SMILES string of the molecule is CCCCCCCCCCCCCCCCCC[NH+](CCCCCCCCCCCCCCCCCC)c1ccc(C(F)(F)F)cc1. The largest absolute Gasteiger partial charge is 0.416 e. The van der Waals surface area contributed by atoms with Crippen molar-refractivity contribution in [2.24, 2.45) is 0 Å². The monoisotopic (exact) mass is 667 g/mol. The Labute approximate surface area is 291 Å². The van der Waals surface area contributed by atoms with Crippen LogP contribution < -0.4 is 4.90 Å². The molecule has 0 spiro atoms. The van der Waals surface area contributed by atoms with E-state index in [0.717, 1.165) is 31.6 Å². The van der Waals surface area contributed by atoms with Gasteiger partial charge in [0.1, 0.15) is 5.69 Å². The summed E-state index contributed by atoms with van der Waals surface area (Å²) in [6, 6.07) is 5.99. The smallest absolute Gasteiger partial charge is 0.302 e. The van der Waals surface area contributed by atoms with Crippen molar-refractivity contribution < 1.29 is 18.1 Å². The first-order valence-corrected chi connectivity index (χ1v) is 21.0. The number of benzene rings is 1. The molecule has 1 nitrogen and oxygen atoms in total. The van der Waals surface area contributed by atoms with Gasteiger partial charge in [0.25, 0.3) is 0 Å². The summed E-state index contributed by atoms with van der Waals surface area (Å²) in [5.41, 5.74) is 0.491. The van der Waals surface area contributed by atoms with E-state index in [4.69, 9.17) is 0 Å². The number of nitrogens with one attached hydrogen (secondary N) is 1. The van der Waals surface area contributed by atoms with E-state index in [0.29, 0.717) is 0 Å². The first-order valence-electron chi connectivity index (χ1n) is 21.0. The Bertz CT molecular complexity index is 723. The van der Waals surface area contributed by atoms with Gasteiger partial charge < -0.3 is 4.90 Å². The van der Waals surface area contributed by atoms with Gasteiger partial charge in [0, 0.05) is 0 Å². The van der Waals surface area contributed by atoms with E-state index in [9.17, 15) is 13.2 Å². The maximum atomic E-state index is 13.1. The lowest BCUT2D eigenvalue weighted by Crippen LogP contribution is -3.07. The lowest BCUT2D eigenvalue weighted by molar-refractivity contribution is -0.833. The molecule has 0 fully saturated rings. The summed E-state index contributed by atoms with van der Waals surface area (Å²) in [7, 11) is 0. The van der Waals surface area contributed by atoms with Crippen LogP contribution in [-0.4, -0.2) is 13.1 Å². The molecule has 0 amide bonds. The summed E-state index contributed by atoms with van der Waals surface area (Å²) >= 11 is 0. The van der Waals surface area contributed by atoms with Gasteiger partial charge in [-0.3, -0.25) is 0 Å². The minimum absolute atomic E-state index is 0.537. The summed E-state index contributed by atoms with van der Waals surface area (Å²) in [5, 5.41) is 0. The summed E-state index contributed by atoms with van der Waals surface area (Å²) in [5.74, 6) is 0. The number of hydrogen-bond donors (Lipinski definition) is 1. The third-order valence-electron chi connectivity index (χ3n) is 10.3. The van der Waals surface area contributed by atoms with Gasteiger partial charge in [0.2, 0.25) is 0 Å². The Balaban J connectivity index is 2.15. The van der Waals surface area contributed by atoms with Gasteiger partial charge in [0.05, 0.1) is 18.7 Å². The van der Waals surface area contributed by atoms with Crippen LogP contribution in [0.2, 0.25) is 0 Å². The molecular weight excluding hydrogens is 587 g/mol. The highest BCUT2D eigenvalue weighted by Gasteiger charge is 2.30. The highest BCUT2D eigenvalue weighted by molar-refractivity contribution is 5.33. The average molecular weight is 667 g/mol. The zero-order chi connectivity index (χ0) is 34.1. The van der Waals surface area contributed by atoms with Crippen LogP contribution in [0.1, 0.15) is 225 Å². The fourth-order valence-corrected chi connectivity index (χ4v) is 7.08. The van der Waals surface area contributed by atoms with Crippen LogP contribution in [0.15, 0.2) is 24.3 Å². The zero-order valence-electron chi connectivity index (χ0n) is 31.5. The van der Waals surface area contributed by atoms with Gasteiger partial charge in [-0.15, -0.1) is 0 Å². The zero-order valence-corrected chi connectivity index (χ0v) is 31.5. The molecule has 47 heavy (non-hydrogen) atoms. The Morgan fingerprint density at radius 2 is 0.596 bits per heavy atom. The van der Waals surface area contributed by atoms with Crippen molar-refractivity contribution in [3.8, 4) is 0 Å². The molecule has 1 N–H and O–H groups in total. The van der Waals surface area contributed by atoms with Gasteiger partial charge in [0.15, 0.2) is 0 Å². The van der Waals surface area contributed by atoms with Gasteiger partial charge in [-0.1, -0.05) is 194 Å². The Hall–Kier alpha value is -1.03. The molecule has 0 atom stereocenters. The minimum atomic E-state index is -4.26. The van der Waals surface area contributed by atoms with E-state index in [1.807, 2.05) is 0 Å². The normalized spacial score (nSPS) is 12.0. The third kappa shape index (κ3) is 27.5. The van der Waals surface area contributed by atoms with Gasteiger partial charge in [-0.2, -0.15) is 13.2 Å². The number of hydrogen-bond acceptors (Lipinski definition) is 0. The molecule has 0 unspecified atom stereocenters. The maximum absolute atomic E-state index is 13.1. The lowest BCUT2D eigenvalue weighted by Gasteiger charge is -2.20. The number of halogens is 3. The molecule has 0 saturated heterocycles. The Kier molecular flexibility index (Phi) is 30.1. The molecular formula is C43H79F3N+. The first kappa shape index (κ1) is 44.0. The van der Waals surface area contributed by atoms with Crippen LogP contribution in [0.5, 0.6) is 0 Å². The Morgan fingerprint density at radius 3 is 0.830 bits per heavy atom. The van der Waals surface area contributed by atoms with E-state index in [1.165, 1.54) is 210 Å². The molecule has 0 aromatic heterocycles. The fraction of sp³-hybridized carbons (Fsp3) is 0.860. The molecule has 1 aromatic carbocycles. The highest BCUT2D eigenvalue weighted by atomic mass is 19.4. The molecule has 4 heteroatoms. The molecule has 0 radical (unpaired) electrons. The molecule has 1 aromatic rings. The van der Waals surface area contributed by atoms with Crippen LogP contribution in [0, 0.1) is 0 Å². The molecule has 0 heterocycles. The summed E-state index contributed by atoms with van der Waals surface area (Å²) in [4.78, 5) is 1.37. The second-order valence-electron chi connectivity index (χ2n) is 14.8. The standard InChI is InChI=1S/C43H78F3N/c1-3-5-7-9-11-13-15-17-19-21-23-25-27-29-31-33-39-47(42-37-35-41(36-38-42)43(44,45)46)40-34-32-30-28-26-24-22-20-18-16-14-12-10-8-6-4-2/h35-38H,3-34,39-40H2,1-2H3/p+1. The second kappa shape index (κ2) is 32.2. The van der Waals surface area contributed by atoms with E-state index < -0.39 is 11.7 Å². The van der Waals surface area contributed by atoms with Crippen molar-refractivity contribution in [1.29, 1.82) is 0 Å². The highest BCUT2D eigenvalue weighted by Crippen LogP contribution is 2.29. The molecule has 0 aliphatic carbocycles. The van der Waals surface area contributed by atoms with E-state index in [1.54, 1.807) is 12.1 Å². The number of rotatable bonds is 35. The van der Waals surface area contributed by atoms with Crippen molar-refractivity contribution >= 4 is 5.69 Å². The van der Waals surface area contributed by atoms with Crippen molar-refractivity contribution in [3.05, 3.63) is 29.8 Å². The van der Waals surface area contributed by atoms with Gasteiger partial charge in [-0.05, 0) is 49.9 Å². The molecule has 0 aliphatic heterocycles. The minimum Gasteiger partial charge on any atom is -0.302 e. The van der Waals surface area contributed by atoms with Crippen LogP contribution in [0.4, 0.5) is 18.9 Å². The molecule has 276 valence electrons. The second-order valence-corrected chi connectivity index (χ2v) is 14.8. The molecule has 1 rings (SSSR count). The molecule has 0 saturated carbocycles. The number of unbranched alkanes of at least 4 members (excludes halogenated alkanes) is 30.